The number of ether oxygens (including phenoxy) is 1. The molecule has 1 spiro atoms. The van der Waals surface area contributed by atoms with Crippen molar-refractivity contribution in [1.29, 1.82) is 0 Å². The second-order valence-electron chi connectivity index (χ2n) is 6.30. The maximum Gasteiger partial charge on any atom is 0.257 e. The third-order valence-electron chi connectivity index (χ3n) is 4.80. The van der Waals surface area contributed by atoms with Crippen molar-refractivity contribution in [2.75, 3.05) is 26.3 Å². The molecule has 0 saturated carbocycles. The Bertz CT molecular complexity index is 689. The van der Waals surface area contributed by atoms with Crippen molar-refractivity contribution in [1.82, 2.24) is 4.90 Å². The van der Waals surface area contributed by atoms with E-state index in [1.54, 1.807) is 6.26 Å². The lowest BCUT2D eigenvalue weighted by molar-refractivity contribution is 0.000438. The molecule has 2 fully saturated rings. The highest BCUT2D eigenvalue weighted by molar-refractivity contribution is 6.06. The van der Waals surface area contributed by atoms with Crippen molar-refractivity contribution in [3.05, 3.63) is 35.6 Å². The summed E-state index contributed by atoms with van der Waals surface area (Å²) in [6.45, 7) is 5.36. The Balaban J connectivity index is 1.60. The third-order valence-corrected chi connectivity index (χ3v) is 4.80. The van der Waals surface area contributed by atoms with Gasteiger partial charge in [0, 0.05) is 30.5 Å². The first-order chi connectivity index (χ1) is 10.2. The molecule has 1 amide bonds. The topological polar surface area (TPSA) is 42.7 Å². The summed E-state index contributed by atoms with van der Waals surface area (Å²) in [6.07, 6.45) is 3.63. The van der Waals surface area contributed by atoms with Gasteiger partial charge in [0.05, 0.1) is 12.2 Å². The summed E-state index contributed by atoms with van der Waals surface area (Å²) < 4.78 is 11.0. The Hall–Kier alpha value is -1.81. The molecule has 2 aliphatic heterocycles. The van der Waals surface area contributed by atoms with E-state index >= 15 is 0 Å². The van der Waals surface area contributed by atoms with E-state index < -0.39 is 0 Å². The predicted molar refractivity (Wildman–Crippen MR) is 79.4 cm³/mol. The van der Waals surface area contributed by atoms with Gasteiger partial charge in [-0.05, 0) is 30.5 Å². The van der Waals surface area contributed by atoms with Crippen LogP contribution in [0.3, 0.4) is 0 Å². The van der Waals surface area contributed by atoms with Crippen LogP contribution in [-0.2, 0) is 11.2 Å². The maximum absolute atomic E-state index is 12.7. The highest BCUT2D eigenvalue weighted by Gasteiger charge is 2.48. The van der Waals surface area contributed by atoms with Crippen molar-refractivity contribution in [2.45, 2.75) is 19.8 Å². The first kappa shape index (κ1) is 12.9. The van der Waals surface area contributed by atoms with Crippen LogP contribution in [0.25, 0.3) is 11.0 Å². The molecule has 0 radical (unpaired) electrons. The van der Waals surface area contributed by atoms with E-state index in [2.05, 4.69) is 19.1 Å². The van der Waals surface area contributed by atoms with Gasteiger partial charge in [-0.3, -0.25) is 4.79 Å². The summed E-state index contributed by atoms with van der Waals surface area (Å²) >= 11 is 0. The number of hydrogen-bond donors (Lipinski definition) is 0. The molecule has 2 saturated heterocycles. The number of carbonyl (C=O) groups excluding carboxylic acids is 1. The van der Waals surface area contributed by atoms with E-state index in [0.717, 1.165) is 50.1 Å². The van der Waals surface area contributed by atoms with Gasteiger partial charge in [-0.15, -0.1) is 0 Å². The Morgan fingerprint density at radius 2 is 2.24 bits per heavy atom. The SMILES string of the molecule is CCc1ccc2occ(C(=O)N3CC4(CCOC4)C3)c2c1. The molecule has 1 aromatic carbocycles. The van der Waals surface area contributed by atoms with Gasteiger partial charge in [-0.2, -0.15) is 0 Å². The fraction of sp³-hybridized carbons (Fsp3) is 0.471. The first-order valence-corrected chi connectivity index (χ1v) is 7.58. The summed E-state index contributed by atoms with van der Waals surface area (Å²) in [7, 11) is 0. The van der Waals surface area contributed by atoms with Crippen LogP contribution in [0.4, 0.5) is 0 Å². The van der Waals surface area contributed by atoms with Crippen LogP contribution < -0.4 is 0 Å². The molecular formula is C17H19NO3. The minimum Gasteiger partial charge on any atom is -0.463 e. The average molecular weight is 285 g/mol. The van der Waals surface area contributed by atoms with Crippen molar-refractivity contribution >= 4 is 16.9 Å². The molecular weight excluding hydrogens is 266 g/mol. The number of furan rings is 1. The van der Waals surface area contributed by atoms with Gasteiger partial charge in [0.15, 0.2) is 0 Å². The molecule has 3 heterocycles. The predicted octanol–water partition coefficient (Wildman–Crippen LogP) is 2.86. The number of nitrogens with zero attached hydrogens (tertiary/aromatic N) is 1. The smallest absolute Gasteiger partial charge is 0.257 e. The fourth-order valence-electron chi connectivity index (χ4n) is 3.44. The molecule has 0 atom stereocenters. The van der Waals surface area contributed by atoms with Crippen LogP contribution in [0, 0.1) is 5.41 Å². The molecule has 2 aromatic rings. The zero-order valence-corrected chi connectivity index (χ0v) is 12.2. The molecule has 2 aliphatic rings. The third kappa shape index (κ3) is 1.97. The maximum atomic E-state index is 12.7. The number of hydrogen-bond acceptors (Lipinski definition) is 3. The van der Waals surface area contributed by atoms with Crippen molar-refractivity contribution in [3.8, 4) is 0 Å². The molecule has 4 rings (SSSR count). The molecule has 0 unspecified atom stereocenters. The molecule has 0 bridgehead atoms. The lowest BCUT2D eigenvalue weighted by atomic mass is 9.79. The van der Waals surface area contributed by atoms with E-state index in [1.165, 1.54) is 5.56 Å². The summed E-state index contributed by atoms with van der Waals surface area (Å²) in [5, 5.41) is 0.933. The lowest BCUT2D eigenvalue weighted by Gasteiger charge is -2.47. The van der Waals surface area contributed by atoms with Crippen LogP contribution in [0.2, 0.25) is 0 Å². The molecule has 4 nitrogen and oxygen atoms in total. The zero-order chi connectivity index (χ0) is 14.4. The number of amides is 1. The summed E-state index contributed by atoms with van der Waals surface area (Å²) in [5.41, 5.74) is 2.93. The van der Waals surface area contributed by atoms with Gasteiger partial charge in [0.1, 0.15) is 11.8 Å². The van der Waals surface area contributed by atoms with Gasteiger partial charge in [0.2, 0.25) is 0 Å². The van der Waals surface area contributed by atoms with Crippen molar-refractivity contribution < 1.29 is 13.9 Å². The molecule has 0 N–H and O–H groups in total. The lowest BCUT2D eigenvalue weighted by Crippen LogP contribution is -2.58. The second kappa shape index (κ2) is 4.60. The van der Waals surface area contributed by atoms with Crippen LogP contribution in [-0.4, -0.2) is 37.1 Å². The molecule has 21 heavy (non-hydrogen) atoms. The van der Waals surface area contributed by atoms with Crippen molar-refractivity contribution in [2.24, 2.45) is 5.41 Å². The van der Waals surface area contributed by atoms with E-state index in [4.69, 9.17) is 9.15 Å². The first-order valence-electron chi connectivity index (χ1n) is 7.58. The Labute approximate surface area is 123 Å². The van der Waals surface area contributed by atoms with Crippen LogP contribution in [0.15, 0.2) is 28.9 Å². The van der Waals surface area contributed by atoms with Gasteiger partial charge in [-0.25, -0.2) is 0 Å². The Morgan fingerprint density at radius 1 is 1.38 bits per heavy atom. The minimum absolute atomic E-state index is 0.0829. The van der Waals surface area contributed by atoms with Crippen LogP contribution in [0.1, 0.15) is 29.3 Å². The minimum atomic E-state index is 0.0829. The number of fused-ring (bicyclic) bond motifs is 1. The summed E-state index contributed by atoms with van der Waals surface area (Å²) in [5.74, 6) is 0.0829. The van der Waals surface area contributed by atoms with Gasteiger partial charge in [-0.1, -0.05) is 13.0 Å². The van der Waals surface area contributed by atoms with E-state index in [0.29, 0.717) is 5.56 Å². The molecule has 0 aliphatic carbocycles. The summed E-state index contributed by atoms with van der Waals surface area (Å²) in [6, 6.07) is 6.07. The second-order valence-corrected chi connectivity index (χ2v) is 6.30. The number of rotatable bonds is 2. The Morgan fingerprint density at radius 3 is 2.95 bits per heavy atom. The zero-order valence-electron chi connectivity index (χ0n) is 12.2. The molecule has 110 valence electrons. The van der Waals surface area contributed by atoms with E-state index in [-0.39, 0.29) is 11.3 Å². The largest absolute Gasteiger partial charge is 0.463 e. The molecule has 4 heteroatoms. The van der Waals surface area contributed by atoms with Crippen LogP contribution in [0.5, 0.6) is 0 Å². The normalized spacial score (nSPS) is 20.1. The highest BCUT2D eigenvalue weighted by Crippen LogP contribution is 2.39. The molecule has 1 aromatic heterocycles. The number of carbonyl (C=O) groups is 1. The Kier molecular flexibility index (Phi) is 2.82. The standard InChI is InChI=1S/C17H19NO3/c1-2-12-3-4-15-13(7-12)14(8-21-15)16(19)18-9-17(10-18)5-6-20-11-17/h3-4,7-8H,2,5-6,9-11H2,1H3. The fourth-order valence-corrected chi connectivity index (χ4v) is 3.44. The number of likely N-dealkylation sites (tertiary alicyclic amines) is 1. The average Bonchev–Trinajstić information content (AvgIpc) is 3.11. The van der Waals surface area contributed by atoms with E-state index in [9.17, 15) is 4.79 Å². The van der Waals surface area contributed by atoms with Gasteiger partial charge in [0.25, 0.3) is 5.91 Å². The van der Waals surface area contributed by atoms with Gasteiger partial charge < -0.3 is 14.1 Å². The monoisotopic (exact) mass is 285 g/mol. The van der Waals surface area contributed by atoms with Crippen molar-refractivity contribution in [3.63, 3.8) is 0 Å². The van der Waals surface area contributed by atoms with E-state index in [1.807, 2.05) is 11.0 Å². The number of aryl methyl sites for hydroxylation is 1. The van der Waals surface area contributed by atoms with Gasteiger partial charge >= 0.3 is 0 Å². The highest BCUT2D eigenvalue weighted by atomic mass is 16.5. The van der Waals surface area contributed by atoms with Crippen LogP contribution >= 0.6 is 0 Å². The summed E-state index contributed by atoms with van der Waals surface area (Å²) in [4.78, 5) is 14.6. The quantitative estimate of drug-likeness (QED) is 0.852. The number of benzene rings is 1.